The van der Waals surface area contributed by atoms with Crippen molar-refractivity contribution in [1.29, 1.82) is 0 Å². The number of pyridine rings is 1. The highest BCUT2D eigenvalue weighted by molar-refractivity contribution is 6.06. The molecule has 1 aromatic heterocycles. The number of rotatable bonds is 5. The Morgan fingerprint density at radius 3 is 2.37 bits per heavy atom. The average molecular weight is 366 g/mol. The van der Waals surface area contributed by atoms with E-state index in [1.807, 2.05) is 42.2 Å². The molecule has 1 saturated heterocycles. The van der Waals surface area contributed by atoms with Crippen LogP contribution in [0.25, 0.3) is 0 Å². The van der Waals surface area contributed by atoms with E-state index in [0.717, 1.165) is 25.3 Å². The van der Waals surface area contributed by atoms with Crippen molar-refractivity contribution >= 4 is 17.5 Å². The first-order chi connectivity index (χ1) is 13.1. The largest absolute Gasteiger partial charge is 0.336 e. The second-order valence-corrected chi connectivity index (χ2v) is 6.54. The van der Waals surface area contributed by atoms with Gasteiger partial charge in [-0.15, -0.1) is 0 Å². The predicted molar refractivity (Wildman–Crippen MR) is 106 cm³/mol. The van der Waals surface area contributed by atoms with Crippen molar-refractivity contribution in [2.24, 2.45) is 0 Å². The van der Waals surface area contributed by atoms with Gasteiger partial charge in [-0.05, 0) is 37.7 Å². The van der Waals surface area contributed by atoms with E-state index < -0.39 is 0 Å². The Kier molecular flexibility index (Phi) is 6.19. The van der Waals surface area contributed by atoms with Crippen LogP contribution in [-0.2, 0) is 0 Å². The average Bonchev–Trinajstić information content (AvgIpc) is 2.74. The van der Waals surface area contributed by atoms with Crippen molar-refractivity contribution in [2.45, 2.75) is 13.8 Å². The molecular formula is C21H26N4O2. The third-order valence-electron chi connectivity index (χ3n) is 4.96. The number of piperazine rings is 1. The van der Waals surface area contributed by atoms with Crippen LogP contribution in [0.1, 0.15) is 34.7 Å². The van der Waals surface area contributed by atoms with E-state index in [9.17, 15) is 9.59 Å². The maximum atomic E-state index is 12.9. The zero-order chi connectivity index (χ0) is 19.2. The Morgan fingerprint density at radius 2 is 1.74 bits per heavy atom. The fourth-order valence-corrected chi connectivity index (χ4v) is 3.32. The summed E-state index contributed by atoms with van der Waals surface area (Å²) in [6.45, 7) is 8.78. The van der Waals surface area contributed by atoms with Crippen LogP contribution in [0.5, 0.6) is 0 Å². The number of anilines is 1. The smallest absolute Gasteiger partial charge is 0.276 e. The van der Waals surface area contributed by atoms with Gasteiger partial charge in [0.15, 0.2) is 0 Å². The Bertz CT molecular complexity index is 786. The molecule has 1 aromatic carbocycles. The number of aromatic nitrogens is 1. The molecule has 1 aliphatic heterocycles. The van der Waals surface area contributed by atoms with E-state index >= 15 is 0 Å². The van der Waals surface area contributed by atoms with Crippen molar-refractivity contribution < 1.29 is 9.59 Å². The van der Waals surface area contributed by atoms with Crippen LogP contribution >= 0.6 is 0 Å². The molecule has 27 heavy (non-hydrogen) atoms. The first-order valence-electron chi connectivity index (χ1n) is 9.48. The Hall–Kier alpha value is -2.73. The van der Waals surface area contributed by atoms with Crippen LogP contribution in [0.3, 0.4) is 0 Å². The van der Waals surface area contributed by atoms with Crippen molar-refractivity contribution in [3.63, 3.8) is 0 Å². The summed E-state index contributed by atoms with van der Waals surface area (Å²) in [6, 6.07) is 12.8. The summed E-state index contributed by atoms with van der Waals surface area (Å²) in [5.74, 6) is -0.237. The first kappa shape index (κ1) is 19.0. The summed E-state index contributed by atoms with van der Waals surface area (Å²) in [6.07, 6.45) is 1.54. The van der Waals surface area contributed by atoms with E-state index in [0.29, 0.717) is 30.9 Å². The summed E-state index contributed by atoms with van der Waals surface area (Å²) in [7, 11) is 0. The van der Waals surface area contributed by atoms with Crippen LogP contribution in [0.4, 0.5) is 5.69 Å². The molecule has 0 spiro atoms. The lowest BCUT2D eigenvalue weighted by molar-refractivity contribution is 0.0643. The highest BCUT2D eigenvalue weighted by Crippen LogP contribution is 2.17. The molecule has 0 bridgehead atoms. The van der Waals surface area contributed by atoms with Gasteiger partial charge in [-0.25, -0.2) is 0 Å². The maximum absolute atomic E-state index is 12.9. The number of likely N-dealkylation sites (N-methyl/N-ethyl adjacent to an activating group) is 1. The summed E-state index contributed by atoms with van der Waals surface area (Å²) in [4.78, 5) is 35.8. The monoisotopic (exact) mass is 366 g/mol. The predicted octanol–water partition coefficient (Wildman–Crippen LogP) is 2.53. The van der Waals surface area contributed by atoms with Gasteiger partial charge < -0.3 is 14.7 Å². The number of nitrogens with zero attached hydrogens (tertiary/aromatic N) is 4. The minimum absolute atomic E-state index is 0.0371. The Morgan fingerprint density at radius 1 is 1.04 bits per heavy atom. The molecule has 2 aromatic rings. The molecule has 1 fully saturated rings. The van der Waals surface area contributed by atoms with Crippen molar-refractivity contribution in [1.82, 2.24) is 14.8 Å². The lowest BCUT2D eigenvalue weighted by atomic mass is 10.1. The van der Waals surface area contributed by atoms with Crippen LogP contribution in [0, 0.1) is 0 Å². The van der Waals surface area contributed by atoms with Crippen LogP contribution in [-0.4, -0.2) is 65.9 Å². The summed E-state index contributed by atoms with van der Waals surface area (Å²) >= 11 is 0. The fraction of sp³-hybridized carbons (Fsp3) is 0.381. The van der Waals surface area contributed by atoms with Gasteiger partial charge in [0.25, 0.3) is 11.8 Å². The third-order valence-corrected chi connectivity index (χ3v) is 4.96. The minimum atomic E-state index is -0.200. The second kappa shape index (κ2) is 8.77. The quantitative estimate of drug-likeness (QED) is 0.816. The van der Waals surface area contributed by atoms with Crippen molar-refractivity contribution in [2.75, 3.05) is 44.2 Å². The normalized spacial score (nSPS) is 14.8. The van der Waals surface area contributed by atoms with Gasteiger partial charge in [0.2, 0.25) is 0 Å². The molecule has 0 atom stereocenters. The van der Waals surface area contributed by atoms with E-state index in [1.54, 1.807) is 23.2 Å². The zero-order valence-electron chi connectivity index (χ0n) is 16.0. The summed E-state index contributed by atoms with van der Waals surface area (Å²) < 4.78 is 0. The summed E-state index contributed by atoms with van der Waals surface area (Å²) in [5, 5.41) is 0. The highest BCUT2D eigenvalue weighted by Gasteiger charge is 2.23. The number of para-hydroxylation sites is 1. The van der Waals surface area contributed by atoms with Gasteiger partial charge in [-0.2, -0.15) is 0 Å². The van der Waals surface area contributed by atoms with E-state index in [-0.39, 0.29) is 11.8 Å². The van der Waals surface area contributed by atoms with Crippen LogP contribution in [0.2, 0.25) is 0 Å². The van der Waals surface area contributed by atoms with Crippen LogP contribution in [0.15, 0.2) is 48.7 Å². The second-order valence-electron chi connectivity index (χ2n) is 6.54. The lowest BCUT2D eigenvalue weighted by Gasteiger charge is -2.34. The Labute approximate surface area is 160 Å². The number of hydrogen-bond acceptors (Lipinski definition) is 4. The molecule has 0 radical (unpaired) electrons. The molecule has 6 heteroatoms. The Balaban J connectivity index is 1.77. The highest BCUT2D eigenvalue weighted by atomic mass is 16.2. The molecule has 3 rings (SSSR count). The minimum Gasteiger partial charge on any atom is -0.336 e. The molecule has 2 amide bonds. The van der Waals surface area contributed by atoms with Crippen LogP contribution < -0.4 is 4.90 Å². The summed E-state index contributed by atoms with van der Waals surface area (Å²) in [5.41, 5.74) is 1.63. The van der Waals surface area contributed by atoms with E-state index in [1.165, 1.54) is 0 Å². The number of hydrogen-bond donors (Lipinski definition) is 0. The zero-order valence-corrected chi connectivity index (χ0v) is 16.0. The van der Waals surface area contributed by atoms with Gasteiger partial charge in [-0.3, -0.25) is 14.6 Å². The standard InChI is InChI=1S/C21H26N4O2/c1-3-23-12-14-24(15-13-23)20(26)17-10-11-22-19(16-17)21(27)25(4-2)18-8-6-5-7-9-18/h5-11,16H,3-4,12-15H2,1-2H3. The van der Waals surface area contributed by atoms with Crippen molar-refractivity contribution in [3.05, 3.63) is 59.9 Å². The topological polar surface area (TPSA) is 56.8 Å². The molecule has 6 nitrogen and oxygen atoms in total. The van der Waals surface area contributed by atoms with Gasteiger partial charge in [-0.1, -0.05) is 25.1 Å². The molecule has 2 heterocycles. The van der Waals surface area contributed by atoms with E-state index in [2.05, 4.69) is 16.8 Å². The van der Waals surface area contributed by atoms with Crippen molar-refractivity contribution in [3.8, 4) is 0 Å². The molecule has 0 saturated carbocycles. The fourth-order valence-electron chi connectivity index (χ4n) is 3.32. The number of benzene rings is 1. The molecule has 0 unspecified atom stereocenters. The maximum Gasteiger partial charge on any atom is 0.276 e. The number of carbonyl (C=O) groups is 2. The molecule has 0 N–H and O–H groups in total. The number of amides is 2. The first-order valence-corrected chi connectivity index (χ1v) is 9.48. The van der Waals surface area contributed by atoms with Gasteiger partial charge in [0.1, 0.15) is 5.69 Å². The van der Waals surface area contributed by atoms with E-state index in [4.69, 9.17) is 0 Å². The number of carbonyl (C=O) groups excluding carboxylic acids is 2. The SMILES string of the molecule is CCN1CCN(C(=O)c2ccnc(C(=O)N(CC)c3ccccc3)c2)CC1. The molecule has 0 aliphatic carbocycles. The van der Waals surface area contributed by atoms with Gasteiger partial charge >= 0.3 is 0 Å². The molecular weight excluding hydrogens is 340 g/mol. The third kappa shape index (κ3) is 4.34. The molecule has 142 valence electrons. The van der Waals surface area contributed by atoms with Gasteiger partial charge in [0, 0.05) is 50.2 Å². The van der Waals surface area contributed by atoms with Gasteiger partial charge in [0.05, 0.1) is 0 Å². The molecule has 1 aliphatic rings. The lowest BCUT2D eigenvalue weighted by Crippen LogP contribution is -2.48.